The molecule has 0 radical (unpaired) electrons. The van der Waals surface area contributed by atoms with Crippen molar-refractivity contribution in [2.24, 2.45) is 5.92 Å². The summed E-state index contributed by atoms with van der Waals surface area (Å²) in [5.41, 5.74) is 1.21. The van der Waals surface area contributed by atoms with Crippen LogP contribution in [0.2, 0.25) is 0 Å². The molecule has 0 aliphatic carbocycles. The lowest BCUT2D eigenvalue weighted by Crippen LogP contribution is -2.36. The normalized spacial score (nSPS) is 19.0. The highest BCUT2D eigenvalue weighted by Crippen LogP contribution is 2.26. The first-order valence-corrected chi connectivity index (χ1v) is 7.91. The Morgan fingerprint density at radius 3 is 2.75 bits per heavy atom. The van der Waals surface area contributed by atoms with E-state index in [9.17, 15) is 9.90 Å². The summed E-state index contributed by atoms with van der Waals surface area (Å²) in [5, 5.41) is 9.62. The molecule has 1 atom stereocenters. The van der Waals surface area contributed by atoms with Crippen LogP contribution in [0, 0.1) is 12.8 Å². The number of piperidine rings is 1. The number of aryl methyl sites for hydroxylation is 1. The SMILES string of the molecule is COC(=O)c1cc(CN2CCC(C(C)O)CC2)c(C)s1. The molecule has 1 aliphatic rings. The van der Waals surface area contributed by atoms with Crippen molar-refractivity contribution >= 4 is 17.3 Å². The van der Waals surface area contributed by atoms with Gasteiger partial charge in [-0.3, -0.25) is 4.90 Å². The molecule has 0 amide bonds. The summed E-state index contributed by atoms with van der Waals surface area (Å²) in [4.78, 5) is 15.8. The summed E-state index contributed by atoms with van der Waals surface area (Å²) in [6, 6.07) is 1.95. The van der Waals surface area contributed by atoms with Crippen molar-refractivity contribution in [1.29, 1.82) is 0 Å². The molecule has 1 fully saturated rings. The van der Waals surface area contributed by atoms with Gasteiger partial charge in [0, 0.05) is 11.4 Å². The third kappa shape index (κ3) is 3.59. The van der Waals surface area contributed by atoms with E-state index in [1.54, 1.807) is 0 Å². The Hall–Kier alpha value is -0.910. The van der Waals surface area contributed by atoms with Gasteiger partial charge in [-0.15, -0.1) is 11.3 Å². The molecule has 112 valence electrons. The van der Waals surface area contributed by atoms with E-state index in [-0.39, 0.29) is 12.1 Å². The van der Waals surface area contributed by atoms with Crippen LogP contribution < -0.4 is 0 Å². The predicted octanol–water partition coefficient (Wildman–Crippen LogP) is 2.44. The van der Waals surface area contributed by atoms with Crippen molar-refractivity contribution in [3.05, 3.63) is 21.4 Å². The molecule has 0 spiro atoms. The first-order valence-electron chi connectivity index (χ1n) is 7.09. The molecule has 1 aliphatic heterocycles. The van der Waals surface area contributed by atoms with E-state index in [0.717, 1.165) is 32.5 Å². The van der Waals surface area contributed by atoms with Gasteiger partial charge in [-0.25, -0.2) is 4.79 Å². The zero-order chi connectivity index (χ0) is 14.7. The minimum Gasteiger partial charge on any atom is -0.465 e. The van der Waals surface area contributed by atoms with Gasteiger partial charge in [-0.2, -0.15) is 0 Å². The van der Waals surface area contributed by atoms with Gasteiger partial charge >= 0.3 is 5.97 Å². The van der Waals surface area contributed by atoms with Gasteiger partial charge in [0.1, 0.15) is 4.88 Å². The van der Waals surface area contributed by atoms with Crippen LogP contribution in [-0.4, -0.2) is 42.3 Å². The van der Waals surface area contributed by atoms with E-state index in [4.69, 9.17) is 4.74 Å². The molecule has 1 unspecified atom stereocenters. The van der Waals surface area contributed by atoms with Crippen molar-refractivity contribution in [2.45, 2.75) is 39.3 Å². The fraction of sp³-hybridized carbons (Fsp3) is 0.667. The van der Waals surface area contributed by atoms with Crippen molar-refractivity contribution in [3.8, 4) is 0 Å². The van der Waals surface area contributed by atoms with Gasteiger partial charge in [0.25, 0.3) is 0 Å². The molecular formula is C15H23NO3S. The van der Waals surface area contributed by atoms with Crippen LogP contribution in [0.4, 0.5) is 0 Å². The van der Waals surface area contributed by atoms with Gasteiger partial charge in [0.05, 0.1) is 13.2 Å². The average Bonchev–Trinajstić information content (AvgIpc) is 2.80. The smallest absolute Gasteiger partial charge is 0.348 e. The highest BCUT2D eigenvalue weighted by atomic mass is 32.1. The molecule has 1 aromatic heterocycles. The van der Waals surface area contributed by atoms with Crippen molar-refractivity contribution in [1.82, 2.24) is 4.90 Å². The van der Waals surface area contributed by atoms with Gasteiger partial charge in [-0.1, -0.05) is 0 Å². The van der Waals surface area contributed by atoms with Crippen LogP contribution in [-0.2, 0) is 11.3 Å². The fourth-order valence-electron chi connectivity index (χ4n) is 2.71. The Morgan fingerprint density at radius 1 is 1.55 bits per heavy atom. The Bertz CT molecular complexity index is 462. The number of carbonyl (C=O) groups excluding carboxylic acids is 1. The van der Waals surface area contributed by atoms with Crippen LogP contribution in [0.5, 0.6) is 0 Å². The van der Waals surface area contributed by atoms with E-state index < -0.39 is 0 Å². The third-order valence-corrected chi connectivity index (χ3v) is 5.19. The molecular weight excluding hydrogens is 274 g/mol. The topological polar surface area (TPSA) is 49.8 Å². The lowest BCUT2D eigenvalue weighted by atomic mass is 9.92. The summed E-state index contributed by atoms with van der Waals surface area (Å²) in [6.45, 7) is 6.84. The lowest BCUT2D eigenvalue weighted by Gasteiger charge is -2.33. The Morgan fingerprint density at radius 2 is 2.20 bits per heavy atom. The number of rotatable bonds is 4. The van der Waals surface area contributed by atoms with Crippen LogP contribution in [0.1, 0.15) is 39.9 Å². The molecule has 5 heteroatoms. The fourth-order valence-corrected chi connectivity index (χ4v) is 3.66. The quantitative estimate of drug-likeness (QED) is 0.867. The van der Waals surface area contributed by atoms with E-state index in [0.29, 0.717) is 10.8 Å². The minimum absolute atomic E-state index is 0.203. The van der Waals surface area contributed by atoms with E-state index in [1.165, 1.54) is 28.9 Å². The van der Waals surface area contributed by atoms with Crippen LogP contribution in [0.25, 0.3) is 0 Å². The Kier molecular flexibility index (Phi) is 5.18. The molecule has 2 rings (SSSR count). The maximum absolute atomic E-state index is 11.5. The standard InChI is InChI=1S/C15H23NO3S/c1-10(17)12-4-6-16(7-5-12)9-13-8-14(15(18)19-3)20-11(13)2/h8,10,12,17H,4-7,9H2,1-3H3. The minimum atomic E-state index is -0.253. The van der Waals surface area contributed by atoms with Gasteiger partial charge in [0.15, 0.2) is 0 Å². The van der Waals surface area contributed by atoms with E-state index in [2.05, 4.69) is 11.8 Å². The van der Waals surface area contributed by atoms with Crippen molar-refractivity contribution in [3.63, 3.8) is 0 Å². The molecule has 1 N–H and O–H groups in total. The number of hydrogen-bond donors (Lipinski definition) is 1. The second-order valence-corrected chi connectivity index (χ2v) is 6.79. The van der Waals surface area contributed by atoms with Crippen LogP contribution in [0.15, 0.2) is 6.07 Å². The zero-order valence-electron chi connectivity index (χ0n) is 12.4. The number of carbonyl (C=O) groups is 1. The number of aliphatic hydroxyl groups is 1. The highest BCUT2D eigenvalue weighted by molar-refractivity contribution is 7.14. The van der Waals surface area contributed by atoms with Crippen molar-refractivity contribution in [2.75, 3.05) is 20.2 Å². The maximum Gasteiger partial charge on any atom is 0.348 e. The molecule has 1 saturated heterocycles. The average molecular weight is 297 g/mol. The molecule has 20 heavy (non-hydrogen) atoms. The van der Waals surface area contributed by atoms with Crippen LogP contribution >= 0.6 is 11.3 Å². The summed E-state index contributed by atoms with van der Waals surface area (Å²) >= 11 is 1.50. The summed E-state index contributed by atoms with van der Waals surface area (Å²) in [7, 11) is 1.41. The molecule has 1 aromatic rings. The number of ether oxygens (including phenoxy) is 1. The lowest BCUT2D eigenvalue weighted by molar-refractivity contribution is 0.0605. The molecule has 0 bridgehead atoms. The molecule has 0 aromatic carbocycles. The highest BCUT2D eigenvalue weighted by Gasteiger charge is 2.23. The second kappa shape index (κ2) is 6.70. The van der Waals surface area contributed by atoms with Gasteiger partial charge < -0.3 is 9.84 Å². The number of likely N-dealkylation sites (tertiary alicyclic amines) is 1. The van der Waals surface area contributed by atoms with Crippen molar-refractivity contribution < 1.29 is 14.6 Å². The number of aliphatic hydroxyl groups excluding tert-OH is 1. The molecule has 0 saturated carbocycles. The summed E-state index contributed by atoms with van der Waals surface area (Å²) in [5.74, 6) is 0.178. The molecule has 4 nitrogen and oxygen atoms in total. The Labute approximate surface area is 124 Å². The van der Waals surface area contributed by atoms with E-state index in [1.807, 2.05) is 13.0 Å². The van der Waals surface area contributed by atoms with E-state index >= 15 is 0 Å². The summed E-state index contributed by atoms with van der Waals surface area (Å²) < 4.78 is 4.77. The predicted molar refractivity (Wildman–Crippen MR) is 80.1 cm³/mol. The Balaban J connectivity index is 1.94. The third-order valence-electron chi connectivity index (χ3n) is 4.12. The number of nitrogens with zero attached hydrogens (tertiary/aromatic N) is 1. The molecule has 2 heterocycles. The number of hydrogen-bond acceptors (Lipinski definition) is 5. The largest absolute Gasteiger partial charge is 0.465 e. The first-order chi connectivity index (χ1) is 9.51. The zero-order valence-corrected chi connectivity index (χ0v) is 13.2. The summed E-state index contributed by atoms with van der Waals surface area (Å²) in [6.07, 6.45) is 1.89. The number of thiophene rings is 1. The number of methoxy groups -OCH3 is 1. The van der Waals surface area contributed by atoms with Crippen LogP contribution in [0.3, 0.4) is 0 Å². The monoisotopic (exact) mass is 297 g/mol. The number of esters is 1. The van der Waals surface area contributed by atoms with Gasteiger partial charge in [-0.05, 0) is 57.3 Å². The first kappa shape index (κ1) is 15.5. The van der Waals surface area contributed by atoms with Gasteiger partial charge in [0.2, 0.25) is 0 Å². The maximum atomic E-state index is 11.5. The second-order valence-electron chi connectivity index (χ2n) is 5.54.